The Morgan fingerprint density at radius 3 is 2.37 bits per heavy atom. The second kappa shape index (κ2) is 10.9. The molecule has 0 aliphatic rings. The monoisotopic (exact) mass is 534 g/mol. The zero-order chi connectivity index (χ0) is 25.9. The number of para-hydroxylation sites is 1. The number of amides is 1. The van der Waals surface area contributed by atoms with Gasteiger partial charge in [0.05, 0.1) is 22.8 Å². The van der Waals surface area contributed by atoms with Crippen molar-refractivity contribution in [2.45, 2.75) is 38.5 Å². The van der Waals surface area contributed by atoms with Crippen LogP contribution >= 0.6 is 23.2 Å². The Bertz CT molecular complexity index is 1360. The van der Waals surface area contributed by atoms with Crippen molar-refractivity contribution in [3.05, 3.63) is 81.3 Å². The zero-order valence-electron chi connectivity index (χ0n) is 20.2. The van der Waals surface area contributed by atoms with Crippen molar-refractivity contribution < 1.29 is 17.9 Å². The van der Waals surface area contributed by atoms with Gasteiger partial charge in [0.25, 0.3) is 10.0 Å². The second-order valence-corrected chi connectivity index (χ2v) is 11.2. The Kier molecular flexibility index (Phi) is 8.36. The minimum absolute atomic E-state index is 0.0577. The summed E-state index contributed by atoms with van der Waals surface area (Å²) >= 11 is 12.3. The predicted octanol–water partition coefficient (Wildman–Crippen LogP) is 6.58. The molecule has 0 unspecified atom stereocenters. The first kappa shape index (κ1) is 26.9. The molecular formula is C26H28Cl2N2O4S. The minimum atomic E-state index is -4.23. The Hall–Kier alpha value is -2.74. The highest BCUT2D eigenvalue weighted by atomic mass is 35.5. The fraction of sp³-hybridized carbons (Fsp3) is 0.269. The number of nitrogens with zero attached hydrogens (tertiary/aromatic N) is 1. The Morgan fingerprint density at radius 2 is 1.74 bits per heavy atom. The summed E-state index contributed by atoms with van der Waals surface area (Å²) in [5.74, 6) is -0.166. The summed E-state index contributed by atoms with van der Waals surface area (Å²) in [6.07, 6.45) is 0. The molecule has 0 saturated heterocycles. The van der Waals surface area contributed by atoms with Crippen LogP contribution in [0.25, 0.3) is 0 Å². The molecule has 3 aromatic rings. The van der Waals surface area contributed by atoms with E-state index in [1.807, 2.05) is 39.0 Å². The van der Waals surface area contributed by atoms with Crippen molar-refractivity contribution in [2.75, 3.05) is 23.3 Å². The van der Waals surface area contributed by atoms with Crippen molar-refractivity contribution in [3.63, 3.8) is 0 Å². The van der Waals surface area contributed by atoms with Gasteiger partial charge in [0, 0.05) is 5.69 Å². The predicted molar refractivity (Wildman–Crippen MR) is 143 cm³/mol. The summed E-state index contributed by atoms with van der Waals surface area (Å²) in [6.45, 7) is 7.25. The number of rotatable bonds is 8. The van der Waals surface area contributed by atoms with Gasteiger partial charge in [-0.2, -0.15) is 0 Å². The van der Waals surface area contributed by atoms with Crippen molar-refractivity contribution >= 4 is 50.5 Å². The third kappa shape index (κ3) is 5.92. The maximum absolute atomic E-state index is 13.9. The maximum Gasteiger partial charge on any atom is 0.268 e. The molecule has 1 N–H and O–H groups in total. The van der Waals surface area contributed by atoms with Gasteiger partial charge in [-0.1, -0.05) is 61.3 Å². The largest absolute Gasteiger partial charge is 0.495 e. The van der Waals surface area contributed by atoms with Gasteiger partial charge in [0.1, 0.15) is 17.2 Å². The molecule has 0 saturated carbocycles. The van der Waals surface area contributed by atoms with E-state index in [0.717, 1.165) is 21.0 Å². The maximum atomic E-state index is 13.9. The van der Waals surface area contributed by atoms with Crippen molar-refractivity contribution in [1.29, 1.82) is 0 Å². The number of nitrogens with one attached hydrogen (secondary N) is 1. The fourth-order valence-corrected chi connectivity index (χ4v) is 5.66. The number of benzene rings is 3. The lowest BCUT2D eigenvalue weighted by atomic mass is 9.98. The lowest BCUT2D eigenvalue weighted by molar-refractivity contribution is -0.114. The quantitative estimate of drug-likeness (QED) is 0.354. The average Bonchev–Trinajstić information content (AvgIpc) is 2.80. The zero-order valence-corrected chi connectivity index (χ0v) is 22.6. The molecule has 6 nitrogen and oxygen atoms in total. The molecule has 0 atom stereocenters. The van der Waals surface area contributed by atoms with Crippen LogP contribution in [0.5, 0.6) is 5.75 Å². The Morgan fingerprint density at radius 1 is 1.03 bits per heavy atom. The standard InChI is InChI=1S/C26H28Cl2N2O4S/c1-16(2)20-8-6-7-18(4)26(20)29-25(31)15-30(19-10-11-21(27)22(28)14-19)35(32,33)24-13-17(3)9-12-23(24)34-5/h6-14,16H,15H2,1-5H3,(H,29,31). The van der Waals surface area contributed by atoms with Crippen LogP contribution in [0.15, 0.2) is 59.5 Å². The molecule has 0 spiro atoms. The smallest absolute Gasteiger partial charge is 0.268 e. The van der Waals surface area contributed by atoms with E-state index in [2.05, 4.69) is 5.32 Å². The van der Waals surface area contributed by atoms with Crippen LogP contribution in [0.4, 0.5) is 11.4 Å². The number of methoxy groups -OCH3 is 1. The molecule has 186 valence electrons. The summed E-state index contributed by atoms with van der Waals surface area (Å²) < 4.78 is 34.1. The molecule has 3 aromatic carbocycles. The highest BCUT2D eigenvalue weighted by Gasteiger charge is 2.31. The summed E-state index contributed by atoms with van der Waals surface area (Å²) in [6, 6.07) is 15.0. The second-order valence-electron chi connectivity index (χ2n) is 8.51. The summed E-state index contributed by atoms with van der Waals surface area (Å²) in [5, 5.41) is 3.35. The molecule has 0 aromatic heterocycles. The van der Waals surface area contributed by atoms with Crippen LogP contribution in [0.2, 0.25) is 10.0 Å². The van der Waals surface area contributed by atoms with Crippen LogP contribution in [0.1, 0.15) is 36.5 Å². The third-order valence-corrected chi connectivity index (χ3v) is 8.09. The SMILES string of the molecule is COc1ccc(C)cc1S(=O)(=O)N(CC(=O)Nc1c(C)cccc1C(C)C)c1ccc(Cl)c(Cl)c1. The number of carbonyl (C=O) groups excluding carboxylic acids is 1. The van der Waals surface area contributed by atoms with Gasteiger partial charge in [-0.05, 0) is 66.8 Å². The Labute approximate surface area is 216 Å². The molecule has 0 aliphatic heterocycles. The van der Waals surface area contributed by atoms with Gasteiger partial charge in [0.15, 0.2) is 0 Å². The summed E-state index contributed by atoms with van der Waals surface area (Å²) in [7, 11) is -2.83. The molecule has 35 heavy (non-hydrogen) atoms. The van der Waals surface area contributed by atoms with Crippen LogP contribution in [0.3, 0.4) is 0 Å². The molecule has 0 bridgehead atoms. The lowest BCUT2D eigenvalue weighted by Crippen LogP contribution is -2.38. The van der Waals surface area contributed by atoms with E-state index in [-0.39, 0.29) is 32.3 Å². The highest BCUT2D eigenvalue weighted by molar-refractivity contribution is 7.93. The van der Waals surface area contributed by atoms with Crippen LogP contribution in [-0.4, -0.2) is 28.0 Å². The number of anilines is 2. The molecule has 9 heteroatoms. The highest BCUT2D eigenvalue weighted by Crippen LogP contribution is 2.34. The molecule has 0 aliphatic carbocycles. The van der Waals surface area contributed by atoms with E-state index >= 15 is 0 Å². The van der Waals surface area contributed by atoms with Gasteiger partial charge in [-0.3, -0.25) is 9.10 Å². The number of ether oxygens (including phenoxy) is 1. The number of hydrogen-bond donors (Lipinski definition) is 1. The number of carbonyl (C=O) groups is 1. The van der Waals surface area contributed by atoms with E-state index in [0.29, 0.717) is 5.69 Å². The molecule has 0 fully saturated rings. The van der Waals surface area contributed by atoms with Gasteiger partial charge < -0.3 is 10.1 Å². The number of hydrogen-bond acceptors (Lipinski definition) is 4. The van der Waals surface area contributed by atoms with E-state index < -0.39 is 22.5 Å². The van der Waals surface area contributed by atoms with Crippen LogP contribution < -0.4 is 14.4 Å². The van der Waals surface area contributed by atoms with Crippen molar-refractivity contribution in [1.82, 2.24) is 0 Å². The van der Waals surface area contributed by atoms with Gasteiger partial charge >= 0.3 is 0 Å². The van der Waals surface area contributed by atoms with E-state index in [1.165, 1.54) is 31.4 Å². The molecule has 0 heterocycles. The first-order chi connectivity index (χ1) is 16.4. The van der Waals surface area contributed by atoms with E-state index in [9.17, 15) is 13.2 Å². The average molecular weight is 535 g/mol. The first-order valence-corrected chi connectivity index (χ1v) is 13.2. The topological polar surface area (TPSA) is 75.7 Å². The normalized spacial score (nSPS) is 11.4. The molecule has 0 radical (unpaired) electrons. The molecular weight excluding hydrogens is 507 g/mol. The van der Waals surface area contributed by atoms with E-state index in [1.54, 1.807) is 19.1 Å². The number of sulfonamides is 1. The van der Waals surface area contributed by atoms with Crippen LogP contribution in [0, 0.1) is 13.8 Å². The van der Waals surface area contributed by atoms with Gasteiger partial charge in [-0.15, -0.1) is 0 Å². The van der Waals surface area contributed by atoms with Crippen molar-refractivity contribution in [2.24, 2.45) is 0 Å². The van der Waals surface area contributed by atoms with Gasteiger partial charge in [-0.25, -0.2) is 8.42 Å². The fourth-order valence-electron chi connectivity index (χ4n) is 3.71. The van der Waals surface area contributed by atoms with Crippen LogP contribution in [-0.2, 0) is 14.8 Å². The minimum Gasteiger partial charge on any atom is -0.495 e. The summed E-state index contributed by atoms with van der Waals surface area (Å²) in [5.41, 5.74) is 3.44. The third-order valence-electron chi connectivity index (χ3n) is 5.56. The Balaban J connectivity index is 2.08. The van der Waals surface area contributed by atoms with E-state index in [4.69, 9.17) is 27.9 Å². The number of halogens is 2. The molecule has 1 amide bonds. The first-order valence-electron chi connectivity index (χ1n) is 11.0. The number of aryl methyl sites for hydroxylation is 2. The lowest BCUT2D eigenvalue weighted by Gasteiger charge is -2.26. The van der Waals surface area contributed by atoms with Crippen molar-refractivity contribution in [3.8, 4) is 5.75 Å². The summed E-state index contributed by atoms with van der Waals surface area (Å²) in [4.78, 5) is 13.2. The van der Waals surface area contributed by atoms with Gasteiger partial charge in [0.2, 0.25) is 5.91 Å². The molecule has 3 rings (SSSR count).